The van der Waals surface area contributed by atoms with Crippen molar-refractivity contribution in [3.8, 4) is 11.5 Å². The number of nitrogens with zero attached hydrogens (tertiary/aromatic N) is 1. The van der Waals surface area contributed by atoms with Crippen molar-refractivity contribution in [2.24, 2.45) is 5.73 Å². The molecule has 2 N–H and O–H groups in total. The summed E-state index contributed by atoms with van der Waals surface area (Å²) in [6.45, 7) is 8.46. The highest BCUT2D eigenvalue weighted by Gasteiger charge is 2.08. The molecule has 1 atom stereocenters. The lowest BCUT2D eigenvalue weighted by Crippen LogP contribution is -2.10. The summed E-state index contributed by atoms with van der Waals surface area (Å²) in [7, 11) is 0. The minimum atomic E-state index is -0.00921. The van der Waals surface area contributed by atoms with Gasteiger partial charge in [0.25, 0.3) is 0 Å². The number of hydrogen-bond acceptors (Lipinski definition) is 3. The summed E-state index contributed by atoms with van der Waals surface area (Å²) in [5.41, 5.74) is 9.26. The van der Waals surface area contributed by atoms with Crippen LogP contribution in [0, 0.1) is 6.92 Å². The molecule has 0 aliphatic carbocycles. The molecule has 1 unspecified atom stereocenters. The first-order chi connectivity index (χ1) is 10.0. The Morgan fingerprint density at radius 3 is 2.52 bits per heavy atom. The van der Waals surface area contributed by atoms with Gasteiger partial charge in [0.15, 0.2) is 0 Å². The van der Waals surface area contributed by atoms with Crippen LogP contribution in [0.1, 0.15) is 56.0 Å². The van der Waals surface area contributed by atoms with Gasteiger partial charge in [0.05, 0.1) is 11.9 Å². The lowest BCUT2D eigenvalue weighted by molar-refractivity contribution is 0.474. The molecule has 3 nitrogen and oxygen atoms in total. The molecule has 0 saturated heterocycles. The summed E-state index contributed by atoms with van der Waals surface area (Å²) in [5, 5.41) is 0. The molecule has 0 aliphatic heterocycles. The minimum absolute atomic E-state index is 0.00921. The zero-order valence-corrected chi connectivity index (χ0v) is 13.3. The highest BCUT2D eigenvalue weighted by molar-refractivity contribution is 5.40. The quantitative estimate of drug-likeness (QED) is 0.864. The van der Waals surface area contributed by atoms with E-state index in [-0.39, 0.29) is 6.04 Å². The Bertz CT molecular complexity index is 591. The van der Waals surface area contributed by atoms with Crippen molar-refractivity contribution in [2.45, 2.75) is 46.1 Å². The number of aryl methyl sites for hydroxylation is 1. The van der Waals surface area contributed by atoms with Gasteiger partial charge in [-0.05, 0) is 48.6 Å². The van der Waals surface area contributed by atoms with Crippen LogP contribution in [-0.2, 0) is 0 Å². The monoisotopic (exact) mass is 284 g/mol. The molecule has 0 radical (unpaired) electrons. The summed E-state index contributed by atoms with van der Waals surface area (Å²) >= 11 is 0. The highest BCUT2D eigenvalue weighted by atomic mass is 16.5. The van der Waals surface area contributed by atoms with E-state index in [1.165, 1.54) is 5.56 Å². The predicted octanol–water partition coefficient (Wildman–Crippen LogP) is 4.72. The van der Waals surface area contributed by atoms with E-state index >= 15 is 0 Å². The summed E-state index contributed by atoms with van der Waals surface area (Å²) in [6, 6.07) is 10.2. The highest BCUT2D eigenvalue weighted by Crippen LogP contribution is 2.28. The van der Waals surface area contributed by atoms with E-state index in [2.05, 4.69) is 44.0 Å². The summed E-state index contributed by atoms with van der Waals surface area (Å²) < 4.78 is 5.97. The molecule has 3 heteroatoms. The molecule has 0 amide bonds. The van der Waals surface area contributed by atoms with E-state index in [0.717, 1.165) is 29.2 Å². The molecule has 1 aromatic heterocycles. The third-order valence-corrected chi connectivity index (χ3v) is 3.69. The van der Waals surface area contributed by atoms with Crippen molar-refractivity contribution >= 4 is 0 Å². The van der Waals surface area contributed by atoms with Gasteiger partial charge >= 0.3 is 0 Å². The molecule has 0 bridgehead atoms. The SMILES string of the molecule is CCC(N)c1ccc(Oc2cc(C(C)C)ccc2C)cn1. The first-order valence-electron chi connectivity index (χ1n) is 7.51. The zero-order chi connectivity index (χ0) is 15.4. The number of pyridine rings is 1. The van der Waals surface area contributed by atoms with Crippen molar-refractivity contribution in [1.29, 1.82) is 0 Å². The van der Waals surface area contributed by atoms with Gasteiger partial charge in [0.1, 0.15) is 11.5 Å². The smallest absolute Gasteiger partial charge is 0.145 e. The molecular formula is C18H24N2O. The van der Waals surface area contributed by atoms with Gasteiger partial charge in [-0.1, -0.05) is 32.9 Å². The van der Waals surface area contributed by atoms with Gasteiger partial charge in [0, 0.05) is 6.04 Å². The zero-order valence-electron chi connectivity index (χ0n) is 13.3. The number of benzene rings is 1. The average molecular weight is 284 g/mol. The van der Waals surface area contributed by atoms with E-state index in [9.17, 15) is 0 Å². The molecule has 112 valence electrons. The Hall–Kier alpha value is -1.87. The fraction of sp³-hybridized carbons (Fsp3) is 0.389. The minimum Gasteiger partial charge on any atom is -0.455 e. The largest absolute Gasteiger partial charge is 0.455 e. The van der Waals surface area contributed by atoms with E-state index in [4.69, 9.17) is 10.5 Å². The number of nitrogens with two attached hydrogens (primary N) is 1. The fourth-order valence-electron chi connectivity index (χ4n) is 2.09. The molecule has 21 heavy (non-hydrogen) atoms. The van der Waals surface area contributed by atoms with Crippen molar-refractivity contribution in [1.82, 2.24) is 4.98 Å². The van der Waals surface area contributed by atoms with Crippen LogP contribution in [-0.4, -0.2) is 4.98 Å². The van der Waals surface area contributed by atoms with Gasteiger partial charge in [-0.25, -0.2) is 0 Å². The van der Waals surface area contributed by atoms with Crippen molar-refractivity contribution in [2.75, 3.05) is 0 Å². The molecule has 0 spiro atoms. The lowest BCUT2D eigenvalue weighted by atomic mass is 10.0. The van der Waals surface area contributed by atoms with Gasteiger partial charge < -0.3 is 10.5 Å². The fourth-order valence-corrected chi connectivity index (χ4v) is 2.09. The Morgan fingerprint density at radius 2 is 1.95 bits per heavy atom. The van der Waals surface area contributed by atoms with Crippen LogP contribution >= 0.6 is 0 Å². The maximum Gasteiger partial charge on any atom is 0.145 e. The molecule has 0 saturated carbocycles. The van der Waals surface area contributed by atoms with Gasteiger partial charge in [-0.15, -0.1) is 0 Å². The molecule has 0 fully saturated rings. The number of rotatable bonds is 5. The molecule has 1 aromatic carbocycles. The molecule has 2 aromatic rings. The molecule has 0 aliphatic rings. The third kappa shape index (κ3) is 3.82. The molecule has 2 rings (SSSR count). The number of aromatic nitrogens is 1. The Balaban J connectivity index is 2.20. The van der Waals surface area contributed by atoms with Crippen LogP contribution in [0.15, 0.2) is 36.5 Å². The maximum atomic E-state index is 5.97. The lowest BCUT2D eigenvalue weighted by Gasteiger charge is -2.13. The maximum absolute atomic E-state index is 5.97. The van der Waals surface area contributed by atoms with Gasteiger partial charge in [0.2, 0.25) is 0 Å². The molecule has 1 heterocycles. The normalized spacial score (nSPS) is 12.5. The van der Waals surface area contributed by atoms with Gasteiger partial charge in [-0.2, -0.15) is 0 Å². The van der Waals surface area contributed by atoms with Crippen molar-refractivity contribution in [3.05, 3.63) is 53.3 Å². The molecular weight excluding hydrogens is 260 g/mol. The second kappa shape index (κ2) is 6.72. The van der Waals surface area contributed by atoms with E-state index in [0.29, 0.717) is 5.92 Å². The van der Waals surface area contributed by atoms with Crippen molar-refractivity contribution < 1.29 is 4.74 Å². The second-order valence-electron chi connectivity index (χ2n) is 5.72. The Morgan fingerprint density at radius 1 is 1.19 bits per heavy atom. The standard InChI is InChI=1S/C18H24N2O/c1-5-16(19)17-9-8-15(11-20-17)21-18-10-14(12(2)3)7-6-13(18)4/h6-12,16H,5,19H2,1-4H3. The second-order valence-corrected chi connectivity index (χ2v) is 5.72. The van der Waals surface area contributed by atoms with E-state index in [1.807, 2.05) is 19.1 Å². The van der Waals surface area contributed by atoms with Crippen LogP contribution in [0.4, 0.5) is 0 Å². The van der Waals surface area contributed by atoms with Crippen LogP contribution < -0.4 is 10.5 Å². The summed E-state index contributed by atoms with van der Waals surface area (Å²) in [6.07, 6.45) is 2.62. The van der Waals surface area contributed by atoms with Crippen molar-refractivity contribution in [3.63, 3.8) is 0 Å². The van der Waals surface area contributed by atoms with E-state index in [1.54, 1.807) is 6.20 Å². The van der Waals surface area contributed by atoms with Crippen LogP contribution in [0.3, 0.4) is 0 Å². The average Bonchev–Trinajstić information content (AvgIpc) is 2.49. The Kier molecular flexibility index (Phi) is 4.97. The van der Waals surface area contributed by atoms with Crippen LogP contribution in [0.25, 0.3) is 0 Å². The Labute approximate surface area is 127 Å². The third-order valence-electron chi connectivity index (χ3n) is 3.69. The summed E-state index contributed by atoms with van der Waals surface area (Å²) in [5.74, 6) is 2.11. The first-order valence-corrected chi connectivity index (χ1v) is 7.51. The summed E-state index contributed by atoms with van der Waals surface area (Å²) in [4.78, 5) is 4.38. The topological polar surface area (TPSA) is 48.1 Å². The number of ether oxygens (including phenoxy) is 1. The van der Waals surface area contributed by atoms with Gasteiger partial charge in [-0.3, -0.25) is 4.98 Å². The first kappa shape index (κ1) is 15.5. The van der Waals surface area contributed by atoms with E-state index < -0.39 is 0 Å². The number of hydrogen-bond donors (Lipinski definition) is 1. The predicted molar refractivity (Wildman–Crippen MR) is 86.8 cm³/mol. The van der Waals surface area contributed by atoms with Crippen LogP contribution in [0.2, 0.25) is 0 Å². The van der Waals surface area contributed by atoms with Crippen LogP contribution in [0.5, 0.6) is 11.5 Å².